The number of nitrogens with two attached hydrogens (primary N) is 1. The summed E-state index contributed by atoms with van der Waals surface area (Å²) < 4.78 is 14.4. The summed E-state index contributed by atoms with van der Waals surface area (Å²) in [7, 11) is 3.20. The predicted octanol–water partition coefficient (Wildman–Crippen LogP) is 1.82. The first-order chi connectivity index (χ1) is 15.9. The van der Waals surface area contributed by atoms with Crippen LogP contribution in [0.1, 0.15) is 49.4 Å². The molecule has 33 heavy (non-hydrogen) atoms. The summed E-state index contributed by atoms with van der Waals surface area (Å²) in [6.07, 6.45) is 5.58. The Bertz CT molecular complexity index is 776. The second-order valence-electron chi connectivity index (χ2n) is 7.74. The highest BCUT2D eigenvalue weighted by Gasteiger charge is 2.31. The maximum Gasteiger partial charge on any atom is 0.293 e. The van der Waals surface area contributed by atoms with Crippen LogP contribution in [-0.4, -0.2) is 81.5 Å². The van der Waals surface area contributed by atoms with Crippen molar-refractivity contribution < 1.29 is 23.8 Å². The van der Waals surface area contributed by atoms with Crippen LogP contribution in [0.15, 0.2) is 10.9 Å². The number of likely N-dealkylation sites (tertiary alicyclic amines) is 1. The summed E-state index contributed by atoms with van der Waals surface area (Å²) in [5, 5.41) is 3.06. The number of methoxy groups -OCH3 is 2. The smallest absolute Gasteiger partial charge is 0.293 e. The first-order valence-electron chi connectivity index (χ1n) is 11.2. The zero-order valence-electron chi connectivity index (χ0n) is 19.7. The van der Waals surface area contributed by atoms with E-state index in [9.17, 15) is 14.4 Å². The number of nitrogens with one attached hydrogen (secondary N) is 2. The number of nitrogens with zero attached hydrogens (tertiary/aromatic N) is 1. The van der Waals surface area contributed by atoms with E-state index in [1.807, 2.05) is 0 Å². The Morgan fingerprint density at radius 2 is 2.09 bits per heavy atom. The molecule has 11 heteroatoms. The van der Waals surface area contributed by atoms with Crippen molar-refractivity contribution in [1.29, 1.82) is 0 Å². The Hall–Kier alpha value is -2.14. The number of carbonyl (C=O) groups excluding carboxylic acids is 2. The maximum absolute atomic E-state index is 12.5. The summed E-state index contributed by atoms with van der Waals surface area (Å²) in [6, 6.07) is 1.16. The van der Waals surface area contributed by atoms with Crippen molar-refractivity contribution in [3.05, 3.63) is 27.0 Å². The van der Waals surface area contributed by atoms with Gasteiger partial charge in [-0.15, -0.1) is 0 Å². The minimum atomic E-state index is -0.549. The Morgan fingerprint density at radius 3 is 2.73 bits per heavy atom. The van der Waals surface area contributed by atoms with Gasteiger partial charge in [0, 0.05) is 27.3 Å². The minimum Gasteiger partial charge on any atom is -0.465 e. The number of rotatable bonds is 12. The monoisotopic (exact) mass is 488 g/mol. The van der Waals surface area contributed by atoms with Gasteiger partial charge in [0.05, 0.1) is 23.8 Å². The van der Waals surface area contributed by atoms with Crippen molar-refractivity contribution in [1.82, 2.24) is 15.2 Å². The molecule has 0 radical (unpaired) electrons. The van der Waals surface area contributed by atoms with Crippen LogP contribution in [0.3, 0.4) is 0 Å². The zero-order valence-corrected chi connectivity index (χ0v) is 20.5. The number of hydrogen-bond acceptors (Lipinski definition) is 8. The number of aromatic amines is 1. The molecule has 1 aliphatic heterocycles. The van der Waals surface area contributed by atoms with E-state index >= 15 is 0 Å². The number of H-pyrrole nitrogens is 1. The van der Waals surface area contributed by atoms with Gasteiger partial charge in [0.25, 0.3) is 17.9 Å². The molecular weight excluding hydrogens is 452 g/mol. The number of anilines is 1. The molecule has 0 aliphatic carbocycles. The summed E-state index contributed by atoms with van der Waals surface area (Å²) in [6.45, 7) is 6.14. The van der Waals surface area contributed by atoms with Gasteiger partial charge in [0.1, 0.15) is 18.0 Å². The number of carbonyl (C=O) groups is 2. The van der Waals surface area contributed by atoms with Gasteiger partial charge in [0.15, 0.2) is 0 Å². The van der Waals surface area contributed by atoms with Crippen LogP contribution in [0, 0.1) is 0 Å². The first kappa shape index (κ1) is 28.9. The highest BCUT2D eigenvalue weighted by molar-refractivity contribution is 6.33. The number of amides is 1. The van der Waals surface area contributed by atoms with Crippen LogP contribution in [0.2, 0.25) is 5.02 Å². The first-order valence-corrected chi connectivity index (χ1v) is 11.5. The summed E-state index contributed by atoms with van der Waals surface area (Å²) in [5.41, 5.74) is 4.96. The molecule has 4 N–H and O–H groups in total. The van der Waals surface area contributed by atoms with E-state index in [2.05, 4.69) is 31.6 Å². The van der Waals surface area contributed by atoms with Gasteiger partial charge in [0.2, 0.25) is 0 Å². The molecule has 1 aromatic heterocycles. The fourth-order valence-electron chi connectivity index (χ4n) is 3.46. The molecule has 2 heterocycles. The van der Waals surface area contributed by atoms with Crippen molar-refractivity contribution >= 4 is 29.8 Å². The standard InChI is InChI=1S/C18H29ClN4O3.C4H8O3/c1-3-4-5-6-8-23-9-7-14(15(11-23)26-2)21-17(24)12-10-13(19)16(20)22-18(12)25;1-6-2-3-7-4-5/h10,14-15H,3-9,11H2,1-2H3,(H,21,24)(H3,20,22,25);4H,2-3H2,1H3. The van der Waals surface area contributed by atoms with Gasteiger partial charge in [-0.05, 0) is 25.5 Å². The highest BCUT2D eigenvalue weighted by atomic mass is 35.5. The number of aromatic nitrogens is 1. The molecule has 0 spiro atoms. The van der Waals surface area contributed by atoms with Gasteiger partial charge in [-0.3, -0.25) is 14.4 Å². The van der Waals surface area contributed by atoms with E-state index in [4.69, 9.17) is 22.1 Å². The molecule has 1 aromatic rings. The number of piperidine rings is 1. The van der Waals surface area contributed by atoms with E-state index in [0.717, 1.165) is 26.1 Å². The summed E-state index contributed by atoms with van der Waals surface area (Å²) >= 11 is 5.91. The van der Waals surface area contributed by atoms with Crippen molar-refractivity contribution in [2.75, 3.05) is 52.8 Å². The molecule has 1 saturated heterocycles. The molecule has 188 valence electrons. The Labute approximate surface area is 200 Å². The van der Waals surface area contributed by atoms with Gasteiger partial charge in [-0.25, -0.2) is 0 Å². The molecule has 1 amide bonds. The Kier molecular flexibility index (Phi) is 14.4. The lowest BCUT2D eigenvalue weighted by Gasteiger charge is -2.38. The third kappa shape index (κ3) is 10.6. The van der Waals surface area contributed by atoms with Gasteiger partial charge < -0.3 is 35.1 Å². The molecule has 0 saturated carbocycles. The van der Waals surface area contributed by atoms with Crippen molar-refractivity contribution in [2.45, 2.75) is 51.2 Å². The molecule has 0 aromatic carbocycles. The second-order valence-corrected chi connectivity index (χ2v) is 8.14. The fraction of sp³-hybridized carbons (Fsp3) is 0.682. The predicted molar refractivity (Wildman–Crippen MR) is 128 cm³/mol. The molecule has 2 atom stereocenters. The lowest BCUT2D eigenvalue weighted by atomic mass is 10.0. The number of nitrogen functional groups attached to an aromatic ring is 1. The minimum absolute atomic E-state index is 0.0407. The number of ether oxygens (including phenoxy) is 3. The molecule has 10 nitrogen and oxygen atoms in total. The Balaban J connectivity index is 0.000000675. The SMILES string of the molecule is CCCCCCN1CCC(NC(=O)c2cc(Cl)c(N)[nH]c2=O)C(OC)C1.COCCOC=O. The molecule has 1 aliphatic rings. The lowest BCUT2D eigenvalue weighted by Crippen LogP contribution is -2.55. The van der Waals surface area contributed by atoms with Crippen LogP contribution in [0.5, 0.6) is 0 Å². The van der Waals surface area contributed by atoms with Gasteiger partial charge >= 0.3 is 0 Å². The second kappa shape index (κ2) is 16.5. The maximum atomic E-state index is 12.5. The van der Waals surface area contributed by atoms with Crippen LogP contribution in [0.25, 0.3) is 0 Å². The summed E-state index contributed by atoms with van der Waals surface area (Å²) in [5.74, 6) is -0.407. The number of halogens is 1. The normalized spacial score (nSPS) is 18.2. The van der Waals surface area contributed by atoms with Gasteiger partial charge in [-0.2, -0.15) is 0 Å². The van der Waals surface area contributed by atoms with Crippen LogP contribution >= 0.6 is 11.6 Å². The average Bonchev–Trinajstić information content (AvgIpc) is 2.80. The average molecular weight is 489 g/mol. The topological polar surface area (TPSA) is 136 Å². The van der Waals surface area contributed by atoms with E-state index in [1.165, 1.54) is 31.7 Å². The largest absolute Gasteiger partial charge is 0.465 e. The van der Waals surface area contributed by atoms with E-state index in [0.29, 0.717) is 19.7 Å². The highest BCUT2D eigenvalue weighted by Crippen LogP contribution is 2.17. The number of hydrogen-bond donors (Lipinski definition) is 3. The van der Waals surface area contributed by atoms with Crippen LogP contribution in [-0.2, 0) is 19.0 Å². The van der Waals surface area contributed by atoms with Crippen molar-refractivity contribution in [3.8, 4) is 0 Å². The quantitative estimate of drug-likeness (QED) is 0.299. The van der Waals surface area contributed by atoms with E-state index in [1.54, 1.807) is 14.2 Å². The van der Waals surface area contributed by atoms with Crippen LogP contribution in [0.4, 0.5) is 5.82 Å². The molecule has 2 unspecified atom stereocenters. The molecule has 0 bridgehead atoms. The molecule has 2 rings (SSSR count). The van der Waals surface area contributed by atoms with Crippen molar-refractivity contribution in [2.24, 2.45) is 0 Å². The van der Waals surface area contributed by atoms with Crippen LogP contribution < -0.4 is 16.6 Å². The van der Waals surface area contributed by atoms with E-state index in [-0.39, 0.29) is 28.5 Å². The summed E-state index contributed by atoms with van der Waals surface area (Å²) in [4.78, 5) is 38.6. The Morgan fingerprint density at radius 1 is 1.33 bits per heavy atom. The van der Waals surface area contributed by atoms with E-state index < -0.39 is 11.5 Å². The molecular formula is C22H37ClN4O6. The fourth-order valence-corrected chi connectivity index (χ4v) is 3.62. The van der Waals surface area contributed by atoms with Gasteiger partial charge in [-0.1, -0.05) is 37.8 Å². The lowest BCUT2D eigenvalue weighted by molar-refractivity contribution is -0.129. The van der Waals surface area contributed by atoms with Crippen molar-refractivity contribution in [3.63, 3.8) is 0 Å². The zero-order chi connectivity index (χ0) is 24.6. The molecule has 1 fully saturated rings. The third-order valence-electron chi connectivity index (χ3n) is 5.33. The third-order valence-corrected chi connectivity index (χ3v) is 5.64. The number of pyridine rings is 1. The number of unbranched alkanes of at least 4 members (excludes halogenated alkanes) is 3.